The number of methoxy groups -OCH3 is 2. The SMILES string of the molecule is COc1ccc(CC(=O)NC(N)=NC(CC(C)C)C(=O)NC2CCOCC2)cc1OC. The third-order valence-electron chi connectivity index (χ3n) is 4.94. The molecule has 0 aromatic heterocycles. The number of rotatable bonds is 9. The first-order valence-corrected chi connectivity index (χ1v) is 10.5. The molecule has 0 aliphatic carbocycles. The van der Waals surface area contributed by atoms with Gasteiger partial charge in [-0.15, -0.1) is 0 Å². The van der Waals surface area contributed by atoms with Gasteiger partial charge in [-0.05, 0) is 42.9 Å². The van der Waals surface area contributed by atoms with Crippen LogP contribution in [0.5, 0.6) is 11.5 Å². The number of carbonyl (C=O) groups is 2. The molecule has 1 heterocycles. The van der Waals surface area contributed by atoms with Gasteiger partial charge in [0.25, 0.3) is 0 Å². The van der Waals surface area contributed by atoms with Gasteiger partial charge < -0.3 is 25.3 Å². The Balaban J connectivity index is 1.99. The van der Waals surface area contributed by atoms with Crippen molar-refractivity contribution in [2.24, 2.45) is 16.6 Å². The zero-order valence-corrected chi connectivity index (χ0v) is 18.8. The number of carbonyl (C=O) groups excluding carboxylic acids is 2. The Hall–Kier alpha value is -2.81. The lowest BCUT2D eigenvalue weighted by Crippen LogP contribution is -2.45. The van der Waals surface area contributed by atoms with Crippen LogP contribution in [0.2, 0.25) is 0 Å². The summed E-state index contributed by atoms with van der Waals surface area (Å²) < 4.78 is 15.8. The summed E-state index contributed by atoms with van der Waals surface area (Å²) in [6.45, 7) is 5.29. The van der Waals surface area contributed by atoms with Crippen molar-refractivity contribution in [2.75, 3.05) is 27.4 Å². The fourth-order valence-corrected chi connectivity index (χ4v) is 3.37. The summed E-state index contributed by atoms with van der Waals surface area (Å²) in [5, 5.41) is 5.60. The number of amides is 2. The maximum atomic E-state index is 12.7. The Labute approximate surface area is 183 Å². The molecule has 1 aromatic rings. The molecule has 1 aliphatic rings. The van der Waals surface area contributed by atoms with Gasteiger partial charge in [0, 0.05) is 19.3 Å². The Morgan fingerprint density at radius 2 is 1.87 bits per heavy atom. The van der Waals surface area contributed by atoms with Crippen molar-refractivity contribution in [1.82, 2.24) is 10.6 Å². The molecule has 0 spiro atoms. The largest absolute Gasteiger partial charge is 0.493 e. The van der Waals surface area contributed by atoms with Crippen molar-refractivity contribution in [3.8, 4) is 11.5 Å². The standard InChI is InChI=1S/C22H34N4O5/c1-14(2)11-17(21(28)24-16-7-9-31-10-8-16)25-22(23)26-20(27)13-15-5-6-18(29-3)19(12-15)30-4/h5-6,12,14,16-17H,7-11,13H2,1-4H3,(H,24,28)(H3,23,25,26,27). The van der Waals surface area contributed by atoms with Gasteiger partial charge in [-0.25, -0.2) is 4.99 Å². The van der Waals surface area contributed by atoms with Crippen LogP contribution in [0, 0.1) is 5.92 Å². The number of nitrogens with two attached hydrogens (primary N) is 1. The van der Waals surface area contributed by atoms with Crippen LogP contribution in [0.15, 0.2) is 23.2 Å². The van der Waals surface area contributed by atoms with Crippen molar-refractivity contribution in [3.05, 3.63) is 23.8 Å². The van der Waals surface area contributed by atoms with Crippen LogP contribution < -0.4 is 25.8 Å². The monoisotopic (exact) mass is 434 g/mol. The summed E-state index contributed by atoms with van der Waals surface area (Å²) in [6, 6.07) is 4.65. The highest BCUT2D eigenvalue weighted by molar-refractivity contribution is 5.98. The predicted octanol–water partition coefficient (Wildman–Crippen LogP) is 1.39. The first-order chi connectivity index (χ1) is 14.8. The fraction of sp³-hybridized carbons (Fsp3) is 0.591. The maximum Gasteiger partial charge on any atom is 0.245 e. The van der Waals surface area contributed by atoms with Gasteiger partial charge in [0.05, 0.1) is 20.6 Å². The average molecular weight is 435 g/mol. The number of hydrogen-bond donors (Lipinski definition) is 3. The van der Waals surface area contributed by atoms with Crippen LogP contribution in [-0.2, 0) is 20.7 Å². The summed E-state index contributed by atoms with van der Waals surface area (Å²) in [7, 11) is 3.08. The van der Waals surface area contributed by atoms with Gasteiger partial charge in [0.2, 0.25) is 11.8 Å². The topological polar surface area (TPSA) is 124 Å². The number of ether oxygens (including phenoxy) is 3. The van der Waals surface area contributed by atoms with E-state index in [2.05, 4.69) is 15.6 Å². The van der Waals surface area contributed by atoms with Crippen molar-refractivity contribution in [3.63, 3.8) is 0 Å². The molecule has 1 aliphatic heterocycles. The minimum absolute atomic E-state index is 0.0711. The zero-order valence-electron chi connectivity index (χ0n) is 18.8. The maximum absolute atomic E-state index is 12.7. The van der Waals surface area contributed by atoms with Crippen molar-refractivity contribution in [2.45, 2.75) is 51.6 Å². The molecule has 2 amide bonds. The van der Waals surface area contributed by atoms with E-state index in [4.69, 9.17) is 19.9 Å². The second kappa shape index (κ2) is 12.1. The first kappa shape index (κ1) is 24.5. The van der Waals surface area contributed by atoms with Crippen LogP contribution >= 0.6 is 0 Å². The van der Waals surface area contributed by atoms with E-state index in [9.17, 15) is 9.59 Å². The van der Waals surface area contributed by atoms with Gasteiger partial charge >= 0.3 is 0 Å². The van der Waals surface area contributed by atoms with Crippen molar-refractivity contribution in [1.29, 1.82) is 0 Å². The highest BCUT2D eigenvalue weighted by Crippen LogP contribution is 2.27. The number of hydrogen-bond acceptors (Lipinski definition) is 6. The van der Waals surface area contributed by atoms with E-state index in [1.807, 2.05) is 13.8 Å². The molecule has 1 saturated heterocycles. The second-order valence-electron chi connectivity index (χ2n) is 7.97. The molecule has 1 atom stereocenters. The quantitative estimate of drug-likeness (QED) is 0.398. The molecule has 31 heavy (non-hydrogen) atoms. The van der Waals surface area contributed by atoms with Crippen LogP contribution in [0.1, 0.15) is 38.7 Å². The van der Waals surface area contributed by atoms with Crippen LogP contribution in [0.25, 0.3) is 0 Å². The number of guanidine groups is 1. The summed E-state index contributed by atoms with van der Waals surface area (Å²) in [5.41, 5.74) is 6.69. The van der Waals surface area contributed by atoms with E-state index < -0.39 is 6.04 Å². The normalized spacial score (nSPS) is 16.0. The van der Waals surface area contributed by atoms with E-state index >= 15 is 0 Å². The Morgan fingerprint density at radius 1 is 1.19 bits per heavy atom. The summed E-state index contributed by atoms with van der Waals surface area (Å²) in [5.74, 6) is 0.776. The van der Waals surface area contributed by atoms with Gasteiger partial charge in [-0.1, -0.05) is 19.9 Å². The highest BCUT2D eigenvalue weighted by atomic mass is 16.5. The molecular weight excluding hydrogens is 400 g/mol. The smallest absolute Gasteiger partial charge is 0.245 e. The molecule has 1 fully saturated rings. The van der Waals surface area contributed by atoms with E-state index in [0.717, 1.165) is 18.4 Å². The lowest BCUT2D eigenvalue weighted by atomic mass is 10.0. The molecule has 1 unspecified atom stereocenters. The highest BCUT2D eigenvalue weighted by Gasteiger charge is 2.24. The minimum Gasteiger partial charge on any atom is -0.493 e. The Bertz CT molecular complexity index is 775. The number of nitrogens with zero attached hydrogens (tertiary/aromatic N) is 1. The van der Waals surface area contributed by atoms with E-state index in [1.54, 1.807) is 25.3 Å². The van der Waals surface area contributed by atoms with Gasteiger partial charge in [-0.2, -0.15) is 0 Å². The molecule has 0 bridgehead atoms. The summed E-state index contributed by atoms with van der Waals surface area (Å²) in [4.78, 5) is 29.4. The lowest BCUT2D eigenvalue weighted by Gasteiger charge is -2.25. The number of benzene rings is 1. The second-order valence-corrected chi connectivity index (χ2v) is 7.97. The zero-order chi connectivity index (χ0) is 22.8. The third kappa shape index (κ3) is 8.09. The number of nitrogens with one attached hydrogen (secondary N) is 2. The molecule has 2 rings (SSSR count). The third-order valence-corrected chi connectivity index (χ3v) is 4.94. The van der Waals surface area contributed by atoms with Crippen LogP contribution in [-0.4, -0.2) is 57.3 Å². The molecule has 172 valence electrons. The molecule has 9 heteroatoms. The van der Waals surface area contributed by atoms with Crippen molar-refractivity contribution < 1.29 is 23.8 Å². The molecule has 1 aromatic carbocycles. The summed E-state index contributed by atoms with van der Waals surface area (Å²) in [6.07, 6.45) is 2.17. The molecule has 0 radical (unpaired) electrons. The molecule has 0 saturated carbocycles. The minimum atomic E-state index is -0.663. The lowest BCUT2D eigenvalue weighted by molar-refractivity contribution is -0.124. The van der Waals surface area contributed by atoms with Crippen molar-refractivity contribution >= 4 is 17.8 Å². The average Bonchev–Trinajstić information content (AvgIpc) is 2.73. The molecule has 9 nitrogen and oxygen atoms in total. The number of aliphatic imine (C=N–C) groups is 1. The fourth-order valence-electron chi connectivity index (χ4n) is 3.37. The van der Waals surface area contributed by atoms with Gasteiger partial charge in [0.15, 0.2) is 17.5 Å². The van der Waals surface area contributed by atoms with Gasteiger partial charge in [-0.3, -0.25) is 14.9 Å². The van der Waals surface area contributed by atoms with Crippen LogP contribution in [0.3, 0.4) is 0 Å². The van der Waals surface area contributed by atoms with E-state index in [-0.39, 0.29) is 36.2 Å². The Kier molecular flexibility index (Phi) is 9.58. The van der Waals surface area contributed by atoms with Gasteiger partial charge in [0.1, 0.15) is 6.04 Å². The predicted molar refractivity (Wildman–Crippen MR) is 118 cm³/mol. The van der Waals surface area contributed by atoms with Crippen LogP contribution in [0.4, 0.5) is 0 Å². The summed E-state index contributed by atoms with van der Waals surface area (Å²) >= 11 is 0. The first-order valence-electron chi connectivity index (χ1n) is 10.5. The molecule has 4 N–H and O–H groups in total. The Morgan fingerprint density at radius 3 is 2.48 bits per heavy atom. The van der Waals surface area contributed by atoms with E-state index in [0.29, 0.717) is 31.1 Å². The molecular formula is C22H34N4O5. The van der Waals surface area contributed by atoms with E-state index in [1.165, 1.54) is 7.11 Å².